The first-order valence-corrected chi connectivity index (χ1v) is 7.41. The molecule has 3 unspecified atom stereocenters. The van der Waals surface area contributed by atoms with Crippen LogP contribution in [0.3, 0.4) is 0 Å². The van der Waals surface area contributed by atoms with Gasteiger partial charge in [-0.15, -0.1) is 0 Å². The van der Waals surface area contributed by atoms with Crippen LogP contribution in [0.2, 0.25) is 0 Å². The van der Waals surface area contributed by atoms with E-state index in [0.29, 0.717) is 38.1 Å². The number of hydrogen-bond acceptors (Lipinski definition) is 4. The molecule has 1 aliphatic carbocycles. The molecular formula is C14H24N2O4. The van der Waals surface area contributed by atoms with Crippen molar-refractivity contribution in [2.45, 2.75) is 45.2 Å². The fraction of sp³-hybridized carbons (Fsp3) is 0.857. The van der Waals surface area contributed by atoms with Crippen molar-refractivity contribution < 1.29 is 19.4 Å². The predicted molar refractivity (Wildman–Crippen MR) is 73.4 cm³/mol. The third-order valence-electron chi connectivity index (χ3n) is 4.31. The van der Waals surface area contributed by atoms with Crippen molar-refractivity contribution in [2.75, 3.05) is 19.7 Å². The smallest absolute Gasteiger partial charge is 0.407 e. The Bertz CT molecular complexity index is 370. The van der Waals surface area contributed by atoms with E-state index >= 15 is 0 Å². The molecule has 0 aromatic carbocycles. The Morgan fingerprint density at radius 3 is 2.65 bits per heavy atom. The largest absolute Gasteiger partial charge is 0.481 e. The molecule has 0 spiro atoms. The minimum absolute atomic E-state index is 0.148. The Hall–Kier alpha value is -1.30. The van der Waals surface area contributed by atoms with Gasteiger partial charge in [0.15, 0.2) is 0 Å². The van der Waals surface area contributed by atoms with Gasteiger partial charge in [0.2, 0.25) is 0 Å². The zero-order chi connectivity index (χ0) is 14.7. The van der Waals surface area contributed by atoms with Gasteiger partial charge in [-0.25, -0.2) is 4.79 Å². The van der Waals surface area contributed by atoms with Gasteiger partial charge in [-0.2, -0.15) is 0 Å². The monoisotopic (exact) mass is 284 g/mol. The van der Waals surface area contributed by atoms with E-state index in [9.17, 15) is 14.7 Å². The lowest BCUT2D eigenvalue weighted by molar-refractivity contribution is -0.144. The number of rotatable bonds is 5. The summed E-state index contributed by atoms with van der Waals surface area (Å²) in [6.07, 6.45) is 2.47. The van der Waals surface area contributed by atoms with Crippen molar-refractivity contribution in [3.05, 3.63) is 0 Å². The molecule has 1 heterocycles. The van der Waals surface area contributed by atoms with Crippen LogP contribution >= 0.6 is 0 Å². The number of aliphatic carboxylic acids is 1. The van der Waals surface area contributed by atoms with E-state index < -0.39 is 18.0 Å². The van der Waals surface area contributed by atoms with Crippen molar-refractivity contribution in [2.24, 2.45) is 11.8 Å². The number of piperidine rings is 1. The molecule has 3 atom stereocenters. The number of alkyl carbamates (subject to hydrolysis) is 1. The van der Waals surface area contributed by atoms with Crippen LogP contribution < -0.4 is 5.32 Å². The standard InChI is InChI=1S/C14H24N2O4/c1-3-20-14(19)15-12-6-11(13(17)18)7-16(8-12)9(2)10-4-5-10/h9-12H,3-8H2,1-2H3,(H,15,19)(H,17,18). The van der Waals surface area contributed by atoms with Crippen molar-refractivity contribution in [3.63, 3.8) is 0 Å². The second-order valence-electron chi connectivity index (χ2n) is 5.86. The van der Waals surface area contributed by atoms with Gasteiger partial charge in [-0.3, -0.25) is 9.69 Å². The summed E-state index contributed by atoms with van der Waals surface area (Å²) in [5, 5.41) is 12.1. The number of hydrogen-bond donors (Lipinski definition) is 2. The molecule has 6 nitrogen and oxygen atoms in total. The highest BCUT2D eigenvalue weighted by Crippen LogP contribution is 2.36. The van der Waals surface area contributed by atoms with Crippen LogP contribution in [0.1, 0.15) is 33.1 Å². The maximum Gasteiger partial charge on any atom is 0.407 e. The topological polar surface area (TPSA) is 78.9 Å². The molecule has 1 saturated heterocycles. The molecule has 1 saturated carbocycles. The van der Waals surface area contributed by atoms with Crippen LogP contribution in [0.5, 0.6) is 0 Å². The Kier molecular flexibility index (Phi) is 4.86. The van der Waals surface area contributed by atoms with Crippen LogP contribution in [0.25, 0.3) is 0 Å². The van der Waals surface area contributed by atoms with Crippen molar-refractivity contribution in [1.82, 2.24) is 10.2 Å². The van der Waals surface area contributed by atoms with Gasteiger partial charge in [0, 0.05) is 25.2 Å². The molecule has 0 radical (unpaired) electrons. The van der Waals surface area contributed by atoms with E-state index in [0.717, 1.165) is 0 Å². The van der Waals surface area contributed by atoms with Crippen molar-refractivity contribution >= 4 is 12.1 Å². The molecule has 2 N–H and O–H groups in total. The second kappa shape index (κ2) is 6.43. The third kappa shape index (κ3) is 3.85. The molecule has 20 heavy (non-hydrogen) atoms. The van der Waals surface area contributed by atoms with Gasteiger partial charge < -0.3 is 15.2 Å². The summed E-state index contributed by atoms with van der Waals surface area (Å²) in [5.74, 6) is -0.518. The maximum absolute atomic E-state index is 11.5. The molecule has 1 aliphatic heterocycles. The fourth-order valence-electron chi connectivity index (χ4n) is 2.97. The van der Waals surface area contributed by atoms with Gasteiger partial charge >= 0.3 is 12.1 Å². The van der Waals surface area contributed by atoms with Gasteiger partial charge in [-0.1, -0.05) is 0 Å². The Balaban J connectivity index is 1.96. The average molecular weight is 284 g/mol. The summed E-state index contributed by atoms with van der Waals surface area (Å²) >= 11 is 0. The SMILES string of the molecule is CCOC(=O)NC1CC(C(=O)O)CN(C(C)C2CC2)C1. The lowest BCUT2D eigenvalue weighted by Crippen LogP contribution is -2.55. The van der Waals surface area contributed by atoms with Crippen LogP contribution in [-0.2, 0) is 9.53 Å². The first-order chi connectivity index (χ1) is 9.51. The lowest BCUT2D eigenvalue weighted by atomic mass is 9.92. The summed E-state index contributed by atoms with van der Waals surface area (Å²) in [5.41, 5.74) is 0. The molecule has 6 heteroatoms. The lowest BCUT2D eigenvalue weighted by Gasteiger charge is -2.39. The number of nitrogens with zero attached hydrogens (tertiary/aromatic N) is 1. The van der Waals surface area contributed by atoms with Gasteiger partial charge in [0.1, 0.15) is 0 Å². The highest BCUT2D eigenvalue weighted by atomic mass is 16.5. The predicted octanol–water partition coefficient (Wildman–Crippen LogP) is 1.31. The normalized spacial score (nSPS) is 28.7. The summed E-state index contributed by atoms with van der Waals surface area (Å²) in [6, 6.07) is 0.244. The van der Waals surface area contributed by atoms with Gasteiger partial charge in [0.25, 0.3) is 0 Å². The molecule has 0 bridgehead atoms. The summed E-state index contributed by atoms with van der Waals surface area (Å²) in [7, 11) is 0. The van der Waals surface area contributed by atoms with Gasteiger partial charge in [-0.05, 0) is 39.0 Å². The number of likely N-dealkylation sites (tertiary alicyclic amines) is 1. The number of amides is 1. The summed E-state index contributed by atoms with van der Waals surface area (Å²) in [4.78, 5) is 25.0. The molecular weight excluding hydrogens is 260 g/mol. The Labute approximate surface area is 119 Å². The molecule has 2 aliphatic rings. The third-order valence-corrected chi connectivity index (χ3v) is 4.31. The van der Waals surface area contributed by atoms with E-state index in [1.54, 1.807) is 6.92 Å². The number of ether oxygens (including phenoxy) is 1. The molecule has 0 aromatic heterocycles. The number of carboxylic acid groups (broad SMARTS) is 1. The van der Waals surface area contributed by atoms with Gasteiger partial charge in [0.05, 0.1) is 12.5 Å². The second-order valence-corrected chi connectivity index (χ2v) is 5.86. The minimum atomic E-state index is -0.784. The zero-order valence-electron chi connectivity index (χ0n) is 12.2. The number of carbonyl (C=O) groups excluding carboxylic acids is 1. The summed E-state index contributed by atoms with van der Waals surface area (Å²) in [6.45, 7) is 5.52. The summed E-state index contributed by atoms with van der Waals surface area (Å²) < 4.78 is 4.88. The first kappa shape index (κ1) is 15.1. The van der Waals surface area contributed by atoms with Crippen LogP contribution in [-0.4, -0.2) is 53.8 Å². The molecule has 114 valence electrons. The van der Waals surface area contributed by atoms with E-state index in [4.69, 9.17) is 4.74 Å². The fourth-order valence-corrected chi connectivity index (χ4v) is 2.97. The van der Waals surface area contributed by atoms with E-state index in [-0.39, 0.29) is 6.04 Å². The van der Waals surface area contributed by atoms with Crippen molar-refractivity contribution in [1.29, 1.82) is 0 Å². The zero-order valence-corrected chi connectivity index (χ0v) is 12.2. The Morgan fingerprint density at radius 1 is 1.40 bits per heavy atom. The average Bonchev–Trinajstić information content (AvgIpc) is 3.21. The number of nitrogens with one attached hydrogen (secondary N) is 1. The molecule has 2 fully saturated rings. The van der Waals surface area contributed by atoms with Crippen molar-refractivity contribution in [3.8, 4) is 0 Å². The minimum Gasteiger partial charge on any atom is -0.481 e. The Morgan fingerprint density at radius 2 is 2.10 bits per heavy atom. The van der Waals surface area contributed by atoms with E-state index in [1.807, 2.05) is 0 Å². The maximum atomic E-state index is 11.5. The highest BCUT2D eigenvalue weighted by Gasteiger charge is 2.39. The number of carbonyl (C=O) groups is 2. The quantitative estimate of drug-likeness (QED) is 0.795. The van der Waals surface area contributed by atoms with Crippen LogP contribution in [0, 0.1) is 11.8 Å². The van der Waals surface area contributed by atoms with Crippen LogP contribution in [0.15, 0.2) is 0 Å². The van der Waals surface area contributed by atoms with Crippen LogP contribution in [0.4, 0.5) is 4.79 Å². The molecule has 2 rings (SSSR count). The van der Waals surface area contributed by atoms with E-state index in [1.165, 1.54) is 12.8 Å². The molecule has 1 amide bonds. The highest BCUT2D eigenvalue weighted by molar-refractivity contribution is 5.71. The van der Waals surface area contributed by atoms with E-state index in [2.05, 4.69) is 17.1 Å². The first-order valence-electron chi connectivity index (χ1n) is 7.41. The molecule has 0 aromatic rings. The number of carboxylic acids is 1.